The normalized spacial score (nSPS) is 26.0. The zero-order chi connectivity index (χ0) is 18.0. The summed E-state index contributed by atoms with van der Waals surface area (Å²) in [5.74, 6) is 1.63. The first-order valence-electron chi connectivity index (χ1n) is 10.8. The van der Waals surface area contributed by atoms with E-state index in [2.05, 4.69) is 40.3 Å². The number of benzene rings is 1. The van der Waals surface area contributed by atoms with Gasteiger partial charge in [0.05, 0.1) is 0 Å². The predicted molar refractivity (Wildman–Crippen MR) is 108 cm³/mol. The van der Waals surface area contributed by atoms with E-state index in [4.69, 9.17) is 4.84 Å². The van der Waals surface area contributed by atoms with Gasteiger partial charge in [-0.15, -0.1) is 0 Å². The summed E-state index contributed by atoms with van der Waals surface area (Å²) in [4.78, 5) is 12.1. The van der Waals surface area contributed by atoms with Crippen molar-refractivity contribution in [2.45, 2.75) is 69.4 Å². The molecule has 1 saturated heterocycles. The molecule has 4 heteroatoms. The van der Waals surface area contributed by atoms with E-state index in [0.717, 1.165) is 44.2 Å². The summed E-state index contributed by atoms with van der Waals surface area (Å²) in [7, 11) is 0. The highest BCUT2D eigenvalue weighted by Crippen LogP contribution is 2.49. The Morgan fingerprint density at radius 3 is 2.67 bits per heavy atom. The maximum Gasteiger partial charge on any atom is 0.145 e. The van der Waals surface area contributed by atoms with Gasteiger partial charge in [0.2, 0.25) is 0 Å². The largest absolute Gasteiger partial charge is 0.389 e. The third-order valence-corrected chi connectivity index (χ3v) is 7.36. The third-order valence-electron chi connectivity index (χ3n) is 7.36. The Kier molecular flexibility index (Phi) is 3.50. The second-order valence-corrected chi connectivity index (χ2v) is 9.36. The maximum atomic E-state index is 5.75. The molecule has 0 radical (unpaired) electrons. The number of rotatable bonds is 4. The summed E-state index contributed by atoms with van der Waals surface area (Å²) in [5, 5.41) is 5.54. The number of oxime groups is 1. The Bertz CT molecular complexity index is 888. The fraction of sp³-hybridized carbons (Fsp3) is 0.609. The molecule has 2 saturated carbocycles. The van der Waals surface area contributed by atoms with Gasteiger partial charge in [0.1, 0.15) is 5.60 Å². The minimum absolute atomic E-state index is 0.000542. The van der Waals surface area contributed by atoms with Crippen molar-refractivity contribution >= 4 is 17.1 Å². The Balaban J connectivity index is 1.34. The molecule has 0 bridgehead atoms. The van der Waals surface area contributed by atoms with Crippen molar-refractivity contribution in [2.24, 2.45) is 11.1 Å². The number of aromatic nitrogens is 1. The average Bonchev–Trinajstić information content (AvgIpc) is 3.60. The number of likely N-dealkylation sites (tertiary alicyclic amines) is 1. The fourth-order valence-electron chi connectivity index (χ4n) is 5.41. The highest BCUT2D eigenvalue weighted by Gasteiger charge is 2.44. The van der Waals surface area contributed by atoms with Crippen LogP contribution in [0, 0.1) is 12.8 Å². The molecule has 1 N–H and O–H groups in total. The van der Waals surface area contributed by atoms with E-state index in [1.54, 1.807) is 5.56 Å². The Morgan fingerprint density at radius 1 is 1.19 bits per heavy atom. The van der Waals surface area contributed by atoms with Gasteiger partial charge in [-0.1, -0.05) is 11.2 Å². The highest BCUT2D eigenvalue weighted by molar-refractivity contribution is 5.87. The molecule has 6 rings (SSSR count). The summed E-state index contributed by atoms with van der Waals surface area (Å²) in [6.45, 7) is 4.51. The minimum atomic E-state index is 0.000542. The quantitative estimate of drug-likeness (QED) is 0.826. The van der Waals surface area contributed by atoms with Crippen LogP contribution in [0.4, 0.5) is 0 Å². The van der Waals surface area contributed by atoms with E-state index in [1.165, 1.54) is 47.7 Å². The predicted octanol–water partition coefficient (Wildman–Crippen LogP) is 5.05. The van der Waals surface area contributed by atoms with Gasteiger partial charge in [-0.05, 0) is 67.2 Å². The molecule has 4 nitrogen and oxygen atoms in total. The van der Waals surface area contributed by atoms with Crippen molar-refractivity contribution in [3.8, 4) is 0 Å². The van der Waals surface area contributed by atoms with Gasteiger partial charge in [-0.3, -0.25) is 4.90 Å². The van der Waals surface area contributed by atoms with E-state index in [-0.39, 0.29) is 5.60 Å². The summed E-state index contributed by atoms with van der Waals surface area (Å²) in [6, 6.07) is 5.47. The summed E-state index contributed by atoms with van der Waals surface area (Å²) in [5.41, 5.74) is 5.85. The topological polar surface area (TPSA) is 40.6 Å². The van der Waals surface area contributed by atoms with E-state index in [1.807, 2.05) is 6.21 Å². The van der Waals surface area contributed by atoms with Crippen LogP contribution < -0.4 is 0 Å². The summed E-state index contributed by atoms with van der Waals surface area (Å²) in [6.07, 6.45) is 13.0. The van der Waals surface area contributed by atoms with Gasteiger partial charge in [0.25, 0.3) is 0 Å². The number of nitrogens with zero attached hydrogens (tertiary/aromatic N) is 2. The van der Waals surface area contributed by atoms with Crippen molar-refractivity contribution < 1.29 is 4.84 Å². The van der Waals surface area contributed by atoms with E-state index in [9.17, 15) is 0 Å². The van der Waals surface area contributed by atoms with Crippen LogP contribution in [0.15, 0.2) is 23.5 Å². The zero-order valence-corrected chi connectivity index (χ0v) is 16.2. The number of H-pyrrole nitrogens is 1. The molecule has 1 spiro atoms. The number of aromatic amines is 1. The number of fused-ring (bicyclic) bond motifs is 1. The molecule has 1 aromatic carbocycles. The Hall–Kier alpha value is -1.81. The first-order chi connectivity index (χ1) is 13.2. The number of piperidine rings is 1. The van der Waals surface area contributed by atoms with Crippen LogP contribution in [0.25, 0.3) is 10.9 Å². The van der Waals surface area contributed by atoms with E-state index in [0.29, 0.717) is 6.04 Å². The highest BCUT2D eigenvalue weighted by atomic mass is 16.7. The van der Waals surface area contributed by atoms with Crippen molar-refractivity contribution in [3.05, 3.63) is 35.0 Å². The van der Waals surface area contributed by atoms with Gasteiger partial charge < -0.3 is 9.82 Å². The van der Waals surface area contributed by atoms with Crippen LogP contribution in [-0.4, -0.2) is 34.8 Å². The van der Waals surface area contributed by atoms with Gasteiger partial charge in [-0.25, -0.2) is 0 Å². The van der Waals surface area contributed by atoms with Crippen molar-refractivity contribution in [1.29, 1.82) is 0 Å². The third kappa shape index (κ3) is 2.72. The molecule has 3 heterocycles. The van der Waals surface area contributed by atoms with Crippen molar-refractivity contribution in [2.75, 3.05) is 13.1 Å². The Labute approximate surface area is 160 Å². The molecule has 142 valence electrons. The van der Waals surface area contributed by atoms with Crippen LogP contribution in [-0.2, 0) is 4.84 Å². The van der Waals surface area contributed by atoms with Crippen LogP contribution in [0.3, 0.4) is 0 Å². The average molecular weight is 364 g/mol. The molecule has 3 fully saturated rings. The fourth-order valence-corrected chi connectivity index (χ4v) is 5.41. The molecule has 2 aromatic rings. The molecule has 2 aliphatic carbocycles. The van der Waals surface area contributed by atoms with Gasteiger partial charge in [-0.2, -0.15) is 0 Å². The summed E-state index contributed by atoms with van der Waals surface area (Å²) < 4.78 is 0. The lowest BCUT2D eigenvalue weighted by atomic mass is 9.87. The van der Waals surface area contributed by atoms with Crippen LogP contribution in [0.2, 0.25) is 0 Å². The first kappa shape index (κ1) is 16.2. The van der Waals surface area contributed by atoms with Crippen molar-refractivity contribution in [3.63, 3.8) is 0 Å². The smallest absolute Gasteiger partial charge is 0.145 e. The van der Waals surface area contributed by atoms with Crippen LogP contribution in [0.1, 0.15) is 73.6 Å². The molecule has 1 atom stereocenters. The summed E-state index contributed by atoms with van der Waals surface area (Å²) >= 11 is 0. The molecule has 27 heavy (non-hydrogen) atoms. The lowest BCUT2D eigenvalue weighted by Crippen LogP contribution is -2.45. The molecule has 1 aromatic heterocycles. The van der Waals surface area contributed by atoms with Gasteiger partial charge >= 0.3 is 0 Å². The number of hydrogen-bond donors (Lipinski definition) is 1. The van der Waals surface area contributed by atoms with Crippen LogP contribution >= 0.6 is 0 Å². The van der Waals surface area contributed by atoms with Gasteiger partial charge in [0.15, 0.2) is 0 Å². The standard InChI is InChI=1S/C23H29N3O/c1-15-12-18(16-2-3-16)13-19-20(14-24-21(15)19)22(17-4-5-17)26-10-7-23(8-11-26)6-9-25-27-23/h9,12-14,16-17,22,24H,2-8,10-11H2,1H3. The van der Waals surface area contributed by atoms with Gasteiger partial charge in [0, 0.05) is 61.7 Å². The van der Waals surface area contributed by atoms with Crippen LogP contribution in [0.5, 0.6) is 0 Å². The van der Waals surface area contributed by atoms with Crippen molar-refractivity contribution in [1.82, 2.24) is 9.88 Å². The zero-order valence-electron chi connectivity index (χ0n) is 16.2. The lowest BCUT2D eigenvalue weighted by molar-refractivity contribution is -0.0695. The van der Waals surface area contributed by atoms with E-state index >= 15 is 0 Å². The SMILES string of the molecule is Cc1cc(C2CC2)cc2c(C(C3CC3)N3CCC4(CC=NO4)CC3)c[nH]c12. The molecular formula is C23H29N3O. The Morgan fingerprint density at radius 2 is 2.00 bits per heavy atom. The van der Waals surface area contributed by atoms with E-state index < -0.39 is 0 Å². The molecule has 0 amide bonds. The lowest BCUT2D eigenvalue weighted by Gasteiger charge is -2.41. The second kappa shape index (κ2) is 5.84. The number of nitrogens with one attached hydrogen (secondary N) is 1. The molecular weight excluding hydrogens is 334 g/mol. The first-order valence-corrected chi connectivity index (χ1v) is 10.8. The molecule has 2 aliphatic heterocycles. The second-order valence-electron chi connectivity index (χ2n) is 9.36. The number of hydrogen-bond acceptors (Lipinski definition) is 3. The number of aryl methyl sites for hydroxylation is 1. The monoisotopic (exact) mass is 363 g/mol. The minimum Gasteiger partial charge on any atom is -0.389 e. The molecule has 1 unspecified atom stereocenters. The maximum absolute atomic E-state index is 5.75. The molecule has 4 aliphatic rings.